The van der Waals surface area contributed by atoms with Crippen LogP contribution in [0.5, 0.6) is 0 Å². The molecule has 1 aromatic carbocycles. The van der Waals surface area contributed by atoms with Crippen molar-refractivity contribution in [1.82, 2.24) is 9.80 Å². The van der Waals surface area contributed by atoms with Gasteiger partial charge < -0.3 is 15.5 Å². The lowest BCUT2D eigenvalue weighted by Crippen LogP contribution is -2.51. The second-order valence-corrected chi connectivity index (χ2v) is 9.42. The maximum atomic E-state index is 11.4. The van der Waals surface area contributed by atoms with Crippen molar-refractivity contribution in [1.29, 1.82) is 0 Å². The number of nitrogens with zero attached hydrogens (tertiary/aromatic N) is 4. The largest absolute Gasteiger partial charge is 0.370 e. The van der Waals surface area contributed by atoms with Gasteiger partial charge in [0.15, 0.2) is 15.8 Å². The van der Waals surface area contributed by atoms with Crippen LogP contribution in [-0.2, 0) is 9.84 Å². The maximum absolute atomic E-state index is 11.4. The molecule has 7 nitrogen and oxygen atoms in total. The standard InChI is InChI=1S/C17H26ClN5O2S/c18-15-1-3-16(4-2-15)22-7-9-23(10-8-22)17(19)20-5-6-21-11-13-26(24,25)14-12-21/h1-4H,5-14H2,(H2,19,20). The Labute approximate surface area is 160 Å². The Kier molecular flexibility index (Phi) is 6.26. The fourth-order valence-electron chi connectivity index (χ4n) is 3.23. The zero-order valence-corrected chi connectivity index (χ0v) is 16.4. The average molecular weight is 400 g/mol. The molecule has 0 unspecified atom stereocenters. The molecule has 9 heteroatoms. The van der Waals surface area contributed by atoms with Crippen LogP contribution in [-0.4, -0.2) is 88.0 Å². The van der Waals surface area contributed by atoms with Crippen LogP contribution in [0, 0.1) is 0 Å². The normalized spacial score (nSPS) is 21.8. The van der Waals surface area contributed by atoms with Crippen molar-refractivity contribution in [2.24, 2.45) is 10.7 Å². The molecule has 1 aromatic rings. The Morgan fingerprint density at radius 1 is 1.04 bits per heavy atom. The number of hydrogen-bond donors (Lipinski definition) is 1. The molecule has 2 heterocycles. The minimum Gasteiger partial charge on any atom is -0.370 e. The number of benzene rings is 1. The van der Waals surface area contributed by atoms with Crippen molar-refractivity contribution in [3.8, 4) is 0 Å². The quantitative estimate of drug-likeness (QED) is 0.586. The first-order valence-electron chi connectivity index (χ1n) is 8.91. The summed E-state index contributed by atoms with van der Waals surface area (Å²) in [5.41, 5.74) is 7.31. The molecule has 26 heavy (non-hydrogen) atoms. The first kappa shape index (κ1) is 19.3. The fraction of sp³-hybridized carbons (Fsp3) is 0.588. The van der Waals surface area contributed by atoms with Gasteiger partial charge in [0.05, 0.1) is 18.1 Å². The molecular weight excluding hydrogens is 374 g/mol. The van der Waals surface area contributed by atoms with Crippen molar-refractivity contribution in [3.63, 3.8) is 0 Å². The first-order valence-corrected chi connectivity index (χ1v) is 11.1. The van der Waals surface area contributed by atoms with Gasteiger partial charge in [0.25, 0.3) is 0 Å². The van der Waals surface area contributed by atoms with Gasteiger partial charge in [-0.05, 0) is 24.3 Å². The van der Waals surface area contributed by atoms with E-state index in [0.717, 1.165) is 37.7 Å². The maximum Gasteiger partial charge on any atom is 0.191 e. The van der Waals surface area contributed by atoms with Crippen LogP contribution < -0.4 is 10.6 Å². The van der Waals surface area contributed by atoms with Crippen molar-refractivity contribution in [2.45, 2.75) is 0 Å². The lowest BCUT2D eigenvalue weighted by molar-refractivity contribution is 0.303. The zero-order valence-electron chi connectivity index (χ0n) is 14.8. The summed E-state index contributed by atoms with van der Waals surface area (Å²) in [5, 5.41) is 0.745. The van der Waals surface area contributed by atoms with E-state index in [1.54, 1.807) is 0 Å². The molecule has 2 aliphatic heterocycles. The summed E-state index contributed by atoms with van der Waals surface area (Å²) in [6, 6.07) is 7.89. The topological polar surface area (TPSA) is 82.2 Å². The van der Waals surface area contributed by atoms with Gasteiger partial charge in [-0.15, -0.1) is 0 Å². The van der Waals surface area contributed by atoms with Crippen LogP contribution in [0.15, 0.2) is 29.3 Å². The number of guanidine groups is 1. The summed E-state index contributed by atoms with van der Waals surface area (Å²) in [7, 11) is -2.83. The Bertz CT molecular complexity index is 716. The zero-order chi connectivity index (χ0) is 18.6. The molecule has 0 amide bonds. The summed E-state index contributed by atoms with van der Waals surface area (Å²) in [6.45, 7) is 5.99. The third-order valence-corrected chi connectivity index (χ3v) is 6.78. The summed E-state index contributed by atoms with van der Waals surface area (Å²) in [4.78, 5) is 11.0. The predicted octanol–water partition coefficient (Wildman–Crippen LogP) is 0.507. The molecule has 0 atom stereocenters. The van der Waals surface area contributed by atoms with Crippen LogP contribution >= 0.6 is 11.6 Å². The molecule has 0 spiro atoms. The molecule has 144 valence electrons. The first-order chi connectivity index (χ1) is 12.4. The third-order valence-electron chi connectivity index (χ3n) is 4.92. The second-order valence-electron chi connectivity index (χ2n) is 6.68. The molecule has 0 aliphatic carbocycles. The Balaban J connectivity index is 1.42. The van der Waals surface area contributed by atoms with Gasteiger partial charge in [-0.2, -0.15) is 0 Å². The highest BCUT2D eigenvalue weighted by molar-refractivity contribution is 7.91. The van der Waals surface area contributed by atoms with Crippen LogP contribution in [0.4, 0.5) is 5.69 Å². The minimum atomic E-state index is -2.83. The highest BCUT2D eigenvalue weighted by Crippen LogP contribution is 2.19. The minimum absolute atomic E-state index is 0.249. The van der Waals surface area contributed by atoms with E-state index in [1.165, 1.54) is 5.69 Å². The molecule has 0 bridgehead atoms. The van der Waals surface area contributed by atoms with E-state index in [1.807, 2.05) is 24.3 Å². The number of halogens is 1. The number of sulfone groups is 1. The van der Waals surface area contributed by atoms with Gasteiger partial charge >= 0.3 is 0 Å². The Morgan fingerprint density at radius 3 is 2.27 bits per heavy atom. The molecule has 2 N–H and O–H groups in total. The van der Waals surface area contributed by atoms with Crippen molar-refractivity contribution in [3.05, 3.63) is 29.3 Å². The lowest BCUT2D eigenvalue weighted by atomic mass is 10.2. The Morgan fingerprint density at radius 2 is 1.65 bits per heavy atom. The van der Waals surface area contributed by atoms with Gasteiger partial charge in [0.2, 0.25) is 0 Å². The highest BCUT2D eigenvalue weighted by atomic mass is 35.5. The molecule has 0 saturated carbocycles. The molecule has 0 aromatic heterocycles. The molecular formula is C17H26ClN5O2S. The predicted molar refractivity (Wildman–Crippen MR) is 107 cm³/mol. The molecule has 0 radical (unpaired) electrons. The van der Waals surface area contributed by atoms with E-state index in [-0.39, 0.29) is 11.5 Å². The van der Waals surface area contributed by atoms with E-state index in [0.29, 0.717) is 25.6 Å². The number of piperazine rings is 1. The third kappa shape index (κ3) is 5.25. The molecule has 2 fully saturated rings. The fourth-order valence-corrected chi connectivity index (χ4v) is 4.63. The Hall–Kier alpha value is -1.51. The number of aliphatic imine (C=N–C) groups is 1. The summed E-state index contributed by atoms with van der Waals surface area (Å²) < 4.78 is 22.9. The van der Waals surface area contributed by atoms with E-state index in [4.69, 9.17) is 17.3 Å². The summed E-state index contributed by atoms with van der Waals surface area (Å²) in [6.07, 6.45) is 0. The number of rotatable bonds is 4. The molecule has 2 aliphatic rings. The number of hydrogen-bond acceptors (Lipinski definition) is 5. The number of nitrogens with two attached hydrogens (primary N) is 1. The second kappa shape index (κ2) is 8.45. The van der Waals surface area contributed by atoms with Crippen molar-refractivity contribution in [2.75, 3.05) is 68.8 Å². The summed E-state index contributed by atoms with van der Waals surface area (Å²) >= 11 is 5.94. The van der Waals surface area contributed by atoms with E-state index in [2.05, 4.69) is 19.7 Å². The van der Waals surface area contributed by atoms with E-state index >= 15 is 0 Å². The van der Waals surface area contributed by atoms with Crippen molar-refractivity contribution >= 4 is 33.1 Å². The monoisotopic (exact) mass is 399 g/mol. The smallest absolute Gasteiger partial charge is 0.191 e. The van der Waals surface area contributed by atoms with Gasteiger partial charge in [-0.3, -0.25) is 9.89 Å². The van der Waals surface area contributed by atoms with E-state index < -0.39 is 9.84 Å². The van der Waals surface area contributed by atoms with Gasteiger partial charge in [0, 0.05) is 56.5 Å². The number of anilines is 1. The van der Waals surface area contributed by atoms with Crippen LogP contribution in [0.2, 0.25) is 5.02 Å². The van der Waals surface area contributed by atoms with Gasteiger partial charge in [0.1, 0.15) is 0 Å². The van der Waals surface area contributed by atoms with Crippen LogP contribution in [0.25, 0.3) is 0 Å². The van der Waals surface area contributed by atoms with Gasteiger partial charge in [-0.1, -0.05) is 11.6 Å². The average Bonchev–Trinajstić information content (AvgIpc) is 2.64. The lowest BCUT2D eigenvalue weighted by Gasteiger charge is -2.36. The van der Waals surface area contributed by atoms with Crippen molar-refractivity contribution < 1.29 is 8.42 Å². The summed E-state index contributed by atoms with van der Waals surface area (Å²) in [5.74, 6) is 1.07. The van der Waals surface area contributed by atoms with E-state index in [9.17, 15) is 8.42 Å². The molecule has 3 rings (SSSR count). The SMILES string of the molecule is NC(=NCCN1CCS(=O)(=O)CC1)N1CCN(c2ccc(Cl)cc2)CC1. The highest BCUT2D eigenvalue weighted by Gasteiger charge is 2.21. The van der Waals surface area contributed by atoms with Crippen LogP contribution in [0.1, 0.15) is 0 Å². The molecule has 2 saturated heterocycles. The van der Waals surface area contributed by atoms with Crippen LogP contribution in [0.3, 0.4) is 0 Å². The van der Waals surface area contributed by atoms with Gasteiger partial charge in [-0.25, -0.2) is 8.42 Å².